The summed E-state index contributed by atoms with van der Waals surface area (Å²) in [6.07, 6.45) is 1.03. The Bertz CT molecular complexity index is 438. The molecule has 0 radical (unpaired) electrons. The second-order valence-corrected chi connectivity index (χ2v) is 6.76. The fraction of sp³-hybridized carbons (Fsp3) is 0.615. The van der Waals surface area contributed by atoms with Crippen LogP contribution in [0.4, 0.5) is 0 Å². The van der Waals surface area contributed by atoms with E-state index in [1.807, 2.05) is 4.90 Å². The molecule has 6 heteroatoms. The molecule has 1 aromatic rings. The molecular weight excluding hydrogens is 328 g/mol. The molecule has 1 aromatic heterocycles. The number of nitrogens with zero attached hydrogens (tertiary/aromatic N) is 2. The minimum Gasteiger partial charge on any atom is -0.480 e. The van der Waals surface area contributed by atoms with E-state index in [9.17, 15) is 4.79 Å². The zero-order valence-electron chi connectivity index (χ0n) is 11.0. The van der Waals surface area contributed by atoms with Crippen LogP contribution < -0.4 is 0 Å². The highest BCUT2D eigenvalue weighted by Gasteiger charge is 2.21. The third kappa shape index (κ3) is 4.27. The van der Waals surface area contributed by atoms with Crippen molar-refractivity contribution in [1.82, 2.24) is 9.80 Å². The molecule has 106 valence electrons. The van der Waals surface area contributed by atoms with E-state index in [2.05, 4.69) is 39.2 Å². The van der Waals surface area contributed by atoms with Gasteiger partial charge in [-0.25, -0.2) is 0 Å². The fourth-order valence-electron chi connectivity index (χ4n) is 2.45. The topological polar surface area (TPSA) is 43.8 Å². The summed E-state index contributed by atoms with van der Waals surface area (Å²) in [6.45, 7) is 6.07. The predicted molar refractivity (Wildman–Crippen MR) is 80.7 cm³/mol. The fourth-order valence-corrected chi connectivity index (χ4v) is 3.99. The van der Waals surface area contributed by atoms with E-state index in [0.717, 1.165) is 37.1 Å². The molecule has 1 aliphatic rings. The number of rotatable bonds is 4. The Kier molecular flexibility index (Phi) is 5.38. The van der Waals surface area contributed by atoms with Crippen LogP contribution in [-0.2, 0) is 4.79 Å². The maximum atomic E-state index is 10.8. The van der Waals surface area contributed by atoms with Crippen molar-refractivity contribution >= 4 is 33.2 Å². The van der Waals surface area contributed by atoms with E-state index in [1.54, 1.807) is 11.3 Å². The largest absolute Gasteiger partial charge is 0.480 e. The summed E-state index contributed by atoms with van der Waals surface area (Å²) in [4.78, 5) is 16.6. The summed E-state index contributed by atoms with van der Waals surface area (Å²) >= 11 is 5.27. The minimum absolute atomic E-state index is 0.159. The Labute approximate surface area is 126 Å². The third-order valence-electron chi connectivity index (χ3n) is 3.53. The Morgan fingerprint density at radius 3 is 2.89 bits per heavy atom. The average molecular weight is 347 g/mol. The molecule has 1 atom stereocenters. The van der Waals surface area contributed by atoms with Crippen LogP contribution in [0.5, 0.6) is 0 Å². The van der Waals surface area contributed by atoms with Gasteiger partial charge in [0.2, 0.25) is 0 Å². The maximum absolute atomic E-state index is 10.8. The first kappa shape index (κ1) is 15.0. The zero-order valence-corrected chi connectivity index (χ0v) is 13.4. The van der Waals surface area contributed by atoms with Gasteiger partial charge in [0.05, 0.1) is 6.54 Å². The molecule has 0 spiro atoms. The van der Waals surface area contributed by atoms with Crippen LogP contribution in [0.15, 0.2) is 15.9 Å². The van der Waals surface area contributed by atoms with Gasteiger partial charge in [0.15, 0.2) is 0 Å². The first-order valence-electron chi connectivity index (χ1n) is 6.48. The molecule has 1 fully saturated rings. The molecule has 4 nitrogen and oxygen atoms in total. The SMILES string of the molecule is CC(c1cc(Br)cs1)N1CCCN(CC(=O)O)CC1. The Hall–Kier alpha value is -0.430. The van der Waals surface area contributed by atoms with Crippen LogP contribution in [-0.4, -0.2) is 53.6 Å². The van der Waals surface area contributed by atoms with Gasteiger partial charge in [-0.15, -0.1) is 11.3 Å². The Morgan fingerprint density at radius 2 is 2.26 bits per heavy atom. The van der Waals surface area contributed by atoms with Gasteiger partial charge in [0, 0.05) is 47.0 Å². The molecule has 0 aromatic carbocycles. The van der Waals surface area contributed by atoms with Crippen molar-refractivity contribution in [2.24, 2.45) is 0 Å². The van der Waals surface area contributed by atoms with Gasteiger partial charge in [-0.1, -0.05) is 0 Å². The predicted octanol–water partition coefficient (Wildman–Crippen LogP) is 2.66. The minimum atomic E-state index is -0.733. The van der Waals surface area contributed by atoms with Crippen molar-refractivity contribution in [3.63, 3.8) is 0 Å². The van der Waals surface area contributed by atoms with Gasteiger partial charge in [-0.3, -0.25) is 14.6 Å². The van der Waals surface area contributed by atoms with Crippen LogP contribution in [0.25, 0.3) is 0 Å². The lowest BCUT2D eigenvalue weighted by Gasteiger charge is -2.26. The first-order chi connectivity index (χ1) is 9.06. The van der Waals surface area contributed by atoms with Gasteiger partial charge in [0.1, 0.15) is 0 Å². The van der Waals surface area contributed by atoms with Gasteiger partial charge < -0.3 is 5.11 Å². The summed E-state index contributed by atoms with van der Waals surface area (Å²) in [6, 6.07) is 2.58. The molecule has 1 saturated heterocycles. The number of halogens is 1. The summed E-state index contributed by atoms with van der Waals surface area (Å²) in [5.41, 5.74) is 0. The van der Waals surface area contributed by atoms with E-state index >= 15 is 0 Å². The monoisotopic (exact) mass is 346 g/mol. The first-order valence-corrected chi connectivity index (χ1v) is 8.15. The highest BCUT2D eigenvalue weighted by molar-refractivity contribution is 9.10. The molecule has 1 aliphatic heterocycles. The van der Waals surface area contributed by atoms with E-state index in [0.29, 0.717) is 6.04 Å². The molecule has 1 unspecified atom stereocenters. The number of carboxylic acids is 1. The molecule has 2 rings (SSSR count). The van der Waals surface area contributed by atoms with Crippen molar-refractivity contribution in [2.75, 3.05) is 32.7 Å². The molecule has 2 heterocycles. The molecule has 0 amide bonds. The van der Waals surface area contributed by atoms with Crippen molar-refractivity contribution in [2.45, 2.75) is 19.4 Å². The number of thiophene rings is 1. The summed E-state index contributed by atoms with van der Waals surface area (Å²) < 4.78 is 1.14. The smallest absolute Gasteiger partial charge is 0.317 e. The molecule has 0 saturated carbocycles. The van der Waals surface area contributed by atoms with Crippen LogP contribution >= 0.6 is 27.3 Å². The number of hydrogen-bond acceptors (Lipinski definition) is 4. The van der Waals surface area contributed by atoms with Crippen molar-refractivity contribution in [1.29, 1.82) is 0 Å². The molecule has 1 N–H and O–H groups in total. The number of carboxylic acid groups (broad SMARTS) is 1. The van der Waals surface area contributed by atoms with Crippen molar-refractivity contribution in [3.8, 4) is 0 Å². The van der Waals surface area contributed by atoms with Gasteiger partial charge in [-0.2, -0.15) is 0 Å². The lowest BCUT2D eigenvalue weighted by molar-refractivity contribution is -0.138. The second-order valence-electron chi connectivity index (χ2n) is 4.90. The van der Waals surface area contributed by atoms with Gasteiger partial charge in [-0.05, 0) is 35.3 Å². The molecule has 0 aliphatic carbocycles. The molecule has 0 bridgehead atoms. The Balaban J connectivity index is 1.93. The lowest BCUT2D eigenvalue weighted by Crippen LogP contribution is -2.34. The highest BCUT2D eigenvalue weighted by Crippen LogP contribution is 2.29. The second kappa shape index (κ2) is 6.83. The number of aliphatic carboxylic acids is 1. The van der Waals surface area contributed by atoms with Crippen molar-refractivity contribution in [3.05, 3.63) is 20.8 Å². The standard InChI is InChI=1S/C13H19BrN2O2S/c1-10(12-7-11(14)9-19-12)16-4-2-3-15(5-6-16)8-13(17)18/h7,9-10H,2-6,8H2,1H3,(H,17,18). The summed E-state index contributed by atoms with van der Waals surface area (Å²) in [5.74, 6) is -0.733. The van der Waals surface area contributed by atoms with E-state index < -0.39 is 5.97 Å². The van der Waals surface area contributed by atoms with Crippen LogP contribution in [0.2, 0.25) is 0 Å². The van der Waals surface area contributed by atoms with Gasteiger partial charge >= 0.3 is 5.97 Å². The number of carbonyl (C=O) groups is 1. The number of hydrogen-bond donors (Lipinski definition) is 1. The zero-order chi connectivity index (χ0) is 13.8. The lowest BCUT2D eigenvalue weighted by atomic mass is 10.2. The highest BCUT2D eigenvalue weighted by atomic mass is 79.9. The van der Waals surface area contributed by atoms with Crippen molar-refractivity contribution < 1.29 is 9.90 Å². The van der Waals surface area contributed by atoms with E-state index in [-0.39, 0.29) is 6.54 Å². The van der Waals surface area contributed by atoms with E-state index in [4.69, 9.17) is 5.11 Å². The van der Waals surface area contributed by atoms with Gasteiger partial charge in [0.25, 0.3) is 0 Å². The molecular formula is C13H19BrN2O2S. The van der Waals surface area contributed by atoms with Crippen LogP contribution in [0.1, 0.15) is 24.3 Å². The summed E-state index contributed by atoms with van der Waals surface area (Å²) in [5, 5.41) is 11.0. The maximum Gasteiger partial charge on any atom is 0.317 e. The summed E-state index contributed by atoms with van der Waals surface area (Å²) in [7, 11) is 0. The average Bonchev–Trinajstić information content (AvgIpc) is 2.65. The molecule has 19 heavy (non-hydrogen) atoms. The normalized spacial score (nSPS) is 20.1. The van der Waals surface area contributed by atoms with Crippen LogP contribution in [0.3, 0.4) is 0 Å². The van der Waals surface area contributed by atoms with Crippen LogP contribution in [0, 0.1) is 0 Å². The third-order valence-corrected chi connectivity index (χ3v) is 5.39. The van der Waals surface area contributed by atoms with E-state index in [1.165, 1.54) is 4.88 Å². The Morgan fingerprint density at radius 1 is 1.47 bits per heavy atom. The quantitative estimate of drug-likeness (QED) is 0.910.